The third-order valence-corrected chi connectivity index (χ3v) is 3.81. The minimum atomic E-state index is -0.120. The van der Waals surface area contributed by atoms with Crippen LogP contribution in [0, 0.1) is 0 Å². The highest BCUT2D eigenvalue weighted by Crippen LogP contribution is 2.20. The number of rotatable bonds is 6. The number of benzene rings is 2. The molecule has 0 unspecified atom stereocenters. The van der Waals surface area contributed by atoms with Gasteiger partial charge in [-0.15, -0.1) is 0 Å². The highest BCUT2D eigenvalue weighted by molar-refractivity contribution is 5.94. The number of amides is 1. The zero-order valence-electron chi connectivity index (χ0n) is 14.1. The molecule has 4 heteroatoms. The third-order valence-electron chi connectivity index (χ3n) is 3.81. The van der Waals surface area contributed by atoms with Gasteiger partial charge in [0, 0.05) is 23.9 Å². The van der Waals surface area contributed by atoms with E-state index < -0.39 is 0 Å². The molecule has 0 saturated heterocycles. The van der Waals surface area contributed by atoms with Gasteiger partial charge < -0.3 is 10.1 Å². The van der Waals surface area contributed by atoms with E-state index in [9.17, 15) is 4.79 Å². The van der Waals surface area contributed by atoms with Crippen molar-refractivity contribution in [2.24, 2.45) is 0 Å². The molecule has 0 bridgehead atoms. The van der Waals surface area contributed by atoms with Crippen molar-refractivity contribution in [3.8, 4) is 17.0 Å². The van der Waals surface area contributed by atoms with Crippen LogP contribution in [0.25, 0.3) is 11.3 Å². The van der Waals surface area contributed by atoms with Crippen LogP contribution in [0.1, 0.15) is 22.8 Å². The van der Waals surface area contributed by atoms with Gasteiger partial charge in [0.2, 0.25) is 0 Å². The van der Waals surface area contributed by atoms with E-state index in [-0.39, 0.29) is 5.91 Å². The Morgan fingerprint density at radius 1 is 1.00 bits per heavy atom. The van der Waals surface area contributed by atoms with Crippen molar-refractivity contribution in [2.45, 2.75) is 13.5 Å². The van der Waals surface area contributed by atoms with E-state index in [0.29, 0.717) is 18.7 Å². The summed E-state index contributed by atoms with van der Waals surface area (Å²) < 4.78 is 5.39. The summed E-state index contributed by atoms with van der Waals surface area (Å²) in [5.74, 6) is 0.642. The Bertz CT molecular complexity index is 830. The van der Waals surface area contributed by atoms with E-state index in [0.717, 1.165) is 22.6 Å². The summed E-state index contributed by atoms with van der Waals surface area (Å²) in [4.78, 5) is 16.8. The van der Waals surface area contributed by atoms with Gasteiger partial charge in [-0.3, -0.25) is 9.78 Å². The number of hydrogen-bond acceptors (Lipinski definition) is 3. The molecule has 1 aromatic heterocycles. The van der Waals surface area contributed by atoms with Crippen LogP contribution in [0.5, 0.6) is 5.75 Å². The molecular weight excluding hydrogens is 312 g/mol. The summed E-state index contributed by atoms with van der Waals surface area (Å²) in [7, 11) is 0. The molecule has 0 saturated carbocycles. The summed E-state index contributed by atoms with van der Waals surface area (Å²) in [5, 5.41) is 2.96. The van der Waals surface area contributed by atoms with Crippen molar-refractivity contribution in [2.75, 3.05) is 6.61 Å². The predicted molar refractivity (Wildman–Crippen MR) is 98.5 cm³/mol. The summed E-state index contributed by atoms with van der Waals surface area (Å²) in [6.07, 6.45) is 1.76. The number of hydrogen-bond donors (Lipinski definition) is 1. The van der Waals surface area contributed by atoms with Crippen LogP contribution >= 0.6 is 0 Å². The van der Waals surface area contributed by atoms with Gasteiger partial charge in [0.15, 0.2) is 0 Å². The molecule has 0 fully saturated rings. The Balaban J connectivity index is 1.70. The molecule has 0 atom stereocenters. The maximum absolute atomic E-state index is 12.4. The normalized spacial score (nSPS) is 10.3. The lowest BCUT2D eigenvalue weighted by atomic mass is 10.1. The number of nitrogens with one attached hydrogen (secondary N) is 1. The monoisotopic (exact) mass is 332 g/mol. The molecule has 1 heterocycles. The second-order valence-corrected chi connectivity index (χ2v) is 5.52. The minimum Gasteiger partial charge on any atom is -0.494 e. The molecular formula is C21H20N2O2. The maximum atomic E-state index is 12.4. The van der Waals surface area contributed by atoms with Gasteiger partial charge in [-0.25, -0.2) is 0 Å². The van der Waals surface area contributed by atoms with Gasteiger partial charge >= 0.3 is 0 Å². The van der Waals surface area contributed by atoms with E-state index in [2.05, 4.69) is 10.3 Å². The Labute approximate surface area is 147 Å². The fraction of sp³-hybridized carbons (Fsp3) is 0.143. The number of pyridine rings is 1. The van der Waals surface area contributed by atoms with E-state index in [1.807, 2.05) is 49.4 Å². The molecule has 0 aliphatic carbocycles. The number of ether oxygens (including phenoxy) is 1. The number of carbonyl (C=O) groups is 1. The first kappa shape index (κ1) is 16.7. The summed E-state index contributed by atoms with van der Waals surface area (Å²) >= 11 is 0. The largest absolute Gasteiger partial charge is 0.494 e. The number of aromatic nitrogens is 1. The first-order valence-corrected chi connectivity index (χ1v) is 8.28. The van der Waals surface area contributed by atoms with Crippen molar-refractivity contribution in [1.82, 2.24) is 10.3 Å². The first-order chi connectivity index (χ1) is 12.3. The van der Waals surface area contributed by atoms with Crippen LogP contribution in [-0.2, 0) is 6.54 Å². The van der Waals surface area contributed by atoms with Crippen LogP contribution < -0.4 is 10.1 Å². The van der Waals surface area contributed by atoms with Crippen LogP contribution in [0.4, 0.5) is 0 Å². The SMILES string of the molecule is CCOc1ccc(C(=O)NCc2cccnc2-c2ccccc2)cc1. The lowest BCUT2D eigenvalue weighted by molar-refractivity contribution is 0.0951. The van der Waals surface area contributed by atoms with Crippen LogP contribution in [0.15, 0.2) is 72.9 Å². The summed E-state index contributed by atoms with van der Waals surface area (Å²) in [6.45, 7) is 2.96. The lowest BCUT2D eigenvalue weighted by Crippen LogP contribution is -2.23. The average Bonchev–Trinajstić information content (AvgIpc) is 2.68. The maximum Gasteiger partial charge on any atom is 0.251 e. The first-order valence-electron chi connectivity index (χ1n) is 8.28. The standard InChI is InChI=1S/C21H20N2O2/c1-2-25-19-12-10-17(11-13-19)21(24)23-15-18-9-6-14-22-20(18)16-7-4-3-5-8-16/h3-14H,2,15H2,1H3,(H,23,24). The molecule has 0 radical (unpaired) electrons. The Morgan fingerprint density at radius 3 is 2.48 bits per heavy atom. The molecule has 4 nitrogen and oxygen atoms in total. The molecule has 3 rings (SSSR count). The van der Waals surface area contributed by atoms with E-state index >= 15 is 0 Å². The van der Waals surface area contributed by atoms with Crippen molar-refractivity contribution in [1.29, 1.82) is 0 Å². The van der Waals surface area contributed by atoms with Crippen LogP contribution in [-0.4, -0.2) is 17.5 Å². The minimum absolute atomic E-state index is 0.120. The van der Waals surface area contributed by atoms with Crippen molar-refractivity contribution in [3.63, 3.8) is 0 Å². The second-order valence-electron chi connectivity index (χ2n) is 5.52. The van der Waals surface area contributed by atoms with E-state index in [1.54, 1.807) is 30.5 Å². The summed E-state index contributed by atoms with van der Waals surface area (Å²) in [5.41, 5.74) is 3.50. The fourth-order valence-electron chi connectivity index (χ4n) is 2.58. The molecule has 0 aliphatic rings. The summed E-state index contributed by atoms with van der Waals surface area (Å²) in [6, 6.07) is 21.0. The molecule has 3 aromatic rings. The topological polar surface area (TPSA) is 51.2 Å². The second kappa shape index (κ2) is 8.11. The number of carbonyl (C=O) groups excluding carboxylic acids is 1. The average molecular weight is 332 g/mol. The smallest absolute Gasteiger partial charge is 0.251 e. The van der Waals surface area contributed by atoms with E-state index in [4.69, 9.17) is 4.74 Å². The van der Waals surface area contributed by atoms with Gasteiger partial charge in [-0.2, -0.15) is 0 Å². The fourth-order valence-corrected chi connectivity index (χ4v) is 2.58. The molecule has 0 aliphatic heterocycles. The van der Waals surface area contributed by atoms with Gasteiger partial charge in [-0.05, 0) is 42.8 Å². The highest BCUT2D eigenvalue weighted by atomic mass is 16.5. The highest BCUT2D eigenvalue weighted by Gasteiger charge is 2.09. The molecule has 25 heavy (non-hydrogen) atoms. The molecule has 126 valence electrons. The molecule has 0 spiro atoms. The van der Waals surface area contributed by atoms with E-state index in [1.165, 1.54) is 0 Å². The van der Waals surface area contributed by atoms with Crippen molar-refractivity contribution in [3.05, 3.63) is 84.1 Å². The third kappa shape index (κ3) is 4.23. The lowest BCUT2D eigenvalue weighted by Gasteiger charge is -2.10. The Morgan fingerprint density at radius 2 is 1.76 bits per heavy atom. The van der Waals surface area contributed by atoms with Crippen molar-refractivity contribution < 1.29 is 9.53 Å². The van der Waals surface area contributed by atoms with Gasteiger partial charge in [0.1, 0.15) is 5.75 Å². The zero-order chi connectivity index (χ0) is 17.5. The van der Waals surface area contributed by atoms with Gasteiger partial charge in [-0.1, -0.05) is 36.4 Å². The van der Waals surface area contributed by atoms with Crippen molar-refractivity contribution >= 4 is 5.91 Å². The molecule has 1 amide bonds. The predicted octanol–water partition coefficient (Wildman–Crippen LogP) is 4.08. The number of nitrogens with zero attached hydrogens (tertiary/aromatic N) is 1. The van der Waals surface area contributed by atoms with Crippen LogP contribution in [0.2, 0.25) is 0 Å². The van der Waals surface area contributed by atoms with Gasteiger partial charge in [0.25, 0.3) is 5.91 Å². The Kier molecular flexibility index (Phi) is 5.42. The molecule has 2 aromatic carbocycles. The Hall–Kier alpha value is -3.14. The zero-order valence-corrected chi connectivity index (χ0v) is 14.1. The quantitative estimate of drug-likeness (QED) is 0.740. The van der Waals surface area contributed by atoms with Gasteiger partial charge in [0.05, 0.1) is 12.3 Å². The van der Waals surface area contributed by atoms with Crippen LogP contribution in [0.3, 0.4) is 0 Å². The molecule has 1 N–H and O–H groups in total.